The Morgan fingerprint density at radius 3 is 2.03 bits per heavy atom. The summed E-state index contributed by atoms with van der Waals surface area (Å²) in [5, 5.41) is 6.44. The molecule has 1 aliphatic heterocycles. The van der Waals surface area contributed by atoms with E-state index in [0.29, 0.717) is 12.1 Å². The molecule has 154 valence electrons. The molecule has 1 saturated heterocycles. The van der Waals surface area contributed by atoms with Crippen molar-refractivity contribution in [2.24, 2.45) is 5.92 Å². The molecule has 2 bridgehead atoms. The van der Waals surface area contributed by atoms with Crippen LogP contribution < -0.4 is 10.6 Å². The zero-order valence-corrected chi connectivity index (χ0v) is 19.1. The highest BCUT2D eigenvalue weighted by Gasteiger charge is 2.50. The maximum absolute atomic E-state index is 5.19. The molecule has 2 fully saturated rings. The molecule has 0 spiro atoms. The number of fused-ring (bicyclic) bond motifs is 2. The molecule has 4 aromatic rings. The Kier molecular flexibility index (Phi) is 5.20. The standard InChI is InChI=1S/C27H25N2PS/c1-4-10-20(11-5-1)25-19-31-27(28-25)26-21-16-17-22(18-21)29(26)30(23-12-6-2-7-13-23)24-14-8-3-9-15-24/h1-15,19,21-22,26H,16-18H2/t21-,22+,26-/m1/s1. The Hall–Kier alpha value is -2.32. The molecule has 4 heteroatoms. The van der Waals surface area contributed by atoms with Gasteiger partial charge in [0.2, 0.25) is 0 Å². The Balaban J connectivity index is 1.43. The monoisotopic (exact) mass is 440 g/mol. The predicted molar refractivity (Wildman–Crippen MR) is 132 cm³/mol. The first-order valence-corrected chi connectivity index (χ1v) is 13.3. The van der Waals surface area contributed by atoms with Gasteiger partial charge in [0.05, 0.1) is 11.7 Å². The summed E-state index contributed by atoms with van der Waals surface area (Å²) < 4.78 is 2.86. The summed E-state index contributed by atoms with van der Waals surface area (Å²) in [6.07, 6.45) is 3.96. The van der Waals surface area contributed by atoms with E-state index >= 15 is 0 Å². The first kappa shape index (κ1) is 19.4. The molecule has 1 aromatic heterocycles. The quantitative estimate of drug-likeness (QED) is 0.335. The number of nitrogens with zero attached hydrogens (tertiary/aromatic N) is 2. The predicted octanol–water partition coefficient (Wildman–Crippen LogP) is 6.38. The van der Waals surface area contributed by atoms with Crippen LogP contribution in [0.15, 0.2) is 96.4 Å². The molecule has 3 aromatic carbocycles. The van der Waals surface area contributed by atoms with Gasteiger partial charge in [-0.15, -0.1) is 11.3 Å². The van der Waals surface area contributed by atoms with Crippen molar-refractivity contribution in [2.75, 3.05) is 0 Å². The molecule has 2 nitrogen and oxygen atoms in total. The first-order chi connectivity index (χ1) is 15.4. The number of hydrogen-bond donors (Lipinski definition) is 0. The van der Waals surface area contributed by atoms with E-state index in [0.717, 1.165) is 11.6 Å². The van der Waals surface area contributed by atoms with Gasteiger partial charge in [-0.25, -0.2) is 4.98 Å². The summed E-state index contributed by atoms with van der Waals surface area (Å²) in [6.45, 7) is 0. The molecule has 0 unspecified atom stereocenters. The van der Waals surface area contributed by atoms with Crippen LogP contribution in [-0.2, 0) is 0 Å². The smallest absolute Gasteiger partial charge is 0.111 e. The number of rotatable bonds is 5. The van der Waals surface area contributed by atoms with Gasteiger partial charge in [0.1, 0.15) is 5.01 Å². The van der Waals surface area contributed by atoms with Gasteiger partial charge in [-0.2, -0.15) is 0 Å². The molecule has 2 aliphatic rings. The molecule has 6 rings (SSSR count). The maximum atomic E-state index is 5.19. The second-order valence-electron chi connectivity index (χ2n) is 8.47. The first-order valence-electron chi connectivity index (χ1n) is 11.1. The lowest BCUT2D eigenvalue weighted by Crippen LogP contribution is -2.36. The summed E-state index contributed by atoms with van der Waals surface area (Å²) in [5.41, 5.74) is 2.33. The fourth-order valence-corrected chi connectivity index (χ4v) is 9.20. The highest BCUT2D eigenvalue weighted by Crippen LogP contribution is 2.60. The highest BCUT2D eigenvalue weighted by molar-refractivity contribution is 7.70. The van der Waals surface area contributed by atoms with E-state index in [4.69, 9.17) is 4.98 Å². The Bertz CT molecular complexity index is 1110. The van der Waals surface area contributed by atoms with Crippen LogP contribution >= 0.6 is 19.4 Å². The Morgan fingerprint density at radius 2 is 1.39 bits per heavy atom. The van der Waals surface area contributed by atoms with E-state index in [1.165, 1.54) is 40.4 Å². The van der Waals surface area contributed by atoms with Gasteiger partial charge in [0.15, 0.2) is 0 Å². The zero-order chi connectivity index (χ0) is 20.6. The van der Waals surface area contributed by atoms with E-state index in [1.807, 2.05) is 11.3 Å². The summed E-state index contributed by atoms with van der Waals surface area (Å²) in [4.78, 5) is 5.19. The van der Waals surface area contributed by atoms with Gasteiger partial charge in [-0.1, -0.05) is 91.0 Å². The van der Waals surface area contributed by atoms with Crippen molar-refractivity contribution in [1.29, 1.82) is 0 Å². The molecule has 31 heavy (non-hydrogen) atoms. The summed E-state index contributed by atoms with van der Waals surface area (Å²) >= 11 is 1.85. The van der Waals surface area contributed by atoms with Crippen LogP contribution in [0, 0.1) is 5.92 Å². The average Bonchev–Trinajstić information content (AvgIpc) is 3.58. The van der Waals surface area contributed by atoms with Crippen molar-refractivity contribution in [1.82, 2.24) is 9.65 Å². The van der Waals surface area contributed by atoms with Gasteiger partial charge < -0.3 is 0 Å². The Labute approximate surface area is 189 Å². The van der Waals surface area contributed by atoms with Crippen molar-refractivity contribution in [2.45, 2.75) is 31.3 Å². The zero-order valence-electron chi connectivity index (χ0n) is 17.3. The molecule has 0 amide bonds. The molecule has 3 atom stereocenters. The fourth-order valence-electron chi connectivity index (χ4n) is 5.28. The lowest BCUT2D eigenvalue weighted by molar-refractivity contribution is 0.261. The molecular weight excluding hydrogens is 415 g/mol. The number of piperidine rings is 1. The maximum Gasteiger partial charge on any atom is 0.111 e. The third-order valence-electron chi connectivity index (χ3n) is 6.63. The highest BCUT2D eigenvalue weighted by atomic mass is 32.1. The average molecular weight is 441 g/mol. The molecule has 0 N–H and O–H groups in total. The van der Waals surface area contributed by atoms with E-state index < -0.39 is 8.07 Å². The molecule has 1 aliphatic carbocycles. The van der Waals surface area contributed by atoms with Crippen molar-refractivity contribution in [3.05, 3.63) is 101 Å². The molecular formula is C27H25N2PS. The van der Waals surface area contributed by atoms with E-state index in [1.54, 1.807) is 0 Å². The topological polar surface area (TPSA) is 16.1 Å². The van der Waals surface area contributed by atoms with Crippen molar-refractivity contribution in [3.8, 4) is 11.3 Å². The Morgan fingerprint density at radius 1 is 0.774 bits per heavy atom. The summed E-state index contributed by atoms with van der Waals surface area (Å²) in [6, 6.07) is 34.0. The number of benzene rings is 3. The van der Waals surface area contributed by atoms with Crippen LogP contribution in [0.25, 0.3) is 11.3 Å². The van der Waals surface area contributed by atoms with Gasteiger partial charge in [0, 0.05) is 25.1 Å². The van der Waals surface area contributed by atoms with Crippen LogP contribution in [-0.4, -0.2) is 15.7 Å². The van der Waals surface area contributed by atoms with Gasteiger partial charge in [-0.05, 0) is 35.8 Å². The molecule has 2 heterocycles. The van der Waals surface area contributed by atoms with E-state index in [2.05, 4.69) is 101 Å². The minimum Gasteiger partial charge on any atom is -0.262 e. The van der Waals surface area contributed by atoms with Crippen LogP contribution in [0.5, 0.6) is 0 Å². The SMILES string of the molecule is c1ccc(-c2csc([C@H]3[C@@H]4CC[C@@H](C4)N3P(c3ccccc3)c3ccccc3)n2)cc1. The van der Waals surface area contributed by atoms with Gasteiger partial charge in [-0.3, -0.25) is 4.67 Å². The van der Waals surface area contributed by atoms with Crippen LogP contribution in [0.4, 0.5) is 0 Å². The van der Waals surface area contributed by atoms with E-state index in [9.17, 15) is 0 Å². The second kappa shape index (κ2) is 8.31. The fraction of sp³-hybridized carbons (Fsp3) is 0.222. The van der Waals surface area contributed by atoms with Crippen LogP contribution in [0.2, 0.25) is 0 Å². The van der Waals surface area contributed by atoms with Crippen LogP contribution in [0.1, 0.15) is 30.3 Å². The van der Waals surface area contributed by atoms with Crippen molar-refractivity contribution in [3.63, 3.8) is 0 Å². The van der Waals surface area contributed by atoms with Gasteiger partial charge in [0.25, 0.3) is 0 Å². The largest absolute Gasteiger partial charge is 0.262 e. The molecule has 0 radical (unpaired) electrons. The lowest BCUT2D eigenvalue weighted by Gasteiger charge is -2.40. The van der Waals surface area contributed by atoms with Crippen molar-refractivity contribution < 1.29 is 0 Å². The van der Waals surface area contributed by atoms with Crippen LogP contribution in [0.3, 0.4) is 0 Å². The second-order valence-corrected chi connectivity index (χ2v) is 11.5. The third-order valence-corrected chi connectivity index (χ3v) is 10.2. The van der Waals surface area contributed by atoms with Crippen molar-refractivity contribution >= 4 is 30.0 Å². The third kappa shape index (κ3) is 3.55. The number of aromatic nitrogens is 1. The summed E-state index contributed by atoms with van der Waals surface area (Å²) in [5.74, 6) is 0.720. The molecule has 1 saturated carbocycles. The summed E-state index contributed by atoms with van der Waals surface area (Å²) in [7, 11) is -0.575. The lowest BCUT2D eigenvalue weighted by atomic mass is 10.0. The minimum absolute atomic E-state index is 0.424. The minimum atomic E-state index is -0.575. The number of hydrogen-bond acceptors (Lipinski definition) is 3. The number of thiazole rings is 1. The normalized spacial score (nSPS) is 22.9. The van der Waals surface area contributed by atoms with Gasteiger partial charge >= 0.3 is 0 Å². The van der Waals surface area contributed by atoms with E-state index in [-0.39, 0.29) is 0 Å².